The lowest BCUT2D eigenvalue weighted by molar-refractivity contribution is 0.132. The zero-order chi connectivity index (χ0) is 19.3. The second-order valence-corrected chi connectivity index (χ2v) is 7.16. The topological polar surface area (TPSA) is 64.7 Å². The van der Waals surface area contributed by atoms with Crippen molar-refractivity contribution in [3.05, 3.63) is 95.1 Å². The number of aliphatic hydroxyl groups excluding tert-OH is 1. The summed E-state index contributed by atoms with van der Waals surface area (Å²) in [6.07, 6.45) is 0.809. The molecule has 2 unspecified atom stereocenters. The third kappa shape index (κ3) is 4.03. The van der Waals surface area contributed by atoms with Crippen LogP contribution in [-0.4, -0.2) is 11.1 Å². The molecule has 3 N–H and O–H groups in total. The standard InChI is InChI=1S/C24H25NO3/c25-21-13-11-20-19(23(21)26)12-14-22(27-15-17-7-3-1-4-8-17)24(20)28-16-18-9-5-2-6-10-18/h1-10,12,14,21,23,26H,11,13,15-16,25H2. The summed E-state index contributed by atoms with van der Waals surface area (Å²) in [6.45, 7) is 0.907. The van der Waals surface area contributed by atoms with Gasteiger partial charge in [0, 0.05) is 11.6 Å². The Morgan fingerprint density at radius 1 is 0.821 bits per heavy atom. The molecular formula is C24H25NO3. The molecule has 0 bridgehead atoms. The van der Waals surface area contributed by atoms with Crippen LogP contribution in [-0.2, 0) is 19.6 Å². The molecule has 0 radical (unpaired) electrons. The Morgan fingerprint density at radius 3 is 2.07 bits per heavy atom. The van der Waals surface area contributed by atoms with Crippen molar-refractivity contribution in [2.45, 2.75) is 38.2 Å². The first-order valence-electron chi connectivity index (χ1n) is 9.65. The number of rotatable bonds is 6. The molecule has 28 heavy (non-hydrogen) atoms. The van der Waals surface area contributed by atoms with E-state index in [1.807, 2.05) is 72.8 Å². The van der Waals surface area contributed by atoms with Crippen LogP contribution in [0.25, 0.3) is 0 Å². The maximum Gasteiger partial charge on any atom is 0.165 e. The van der Waals surface area contributed by atoms with Crippen LogP contribution in [0.1, 0.15) is 34.8 Å². The van der Waals surface area contributed by atoms with Crippen LogP contribution in [0.5, 0.6) is 11.5 Å². The molecule has 0 heterocycles. The first-order chi connectivity index (χ1) is 13.7. The Morgan fingerprint density at radius 2 is 1.43 bits per heavy atom. The fraction of sp³-hybridized carbons (Fsp3) is 0.250. The molecule has 144 valence electrons. The van der Waals surface area contributed by atoms with Crippen LogP contribution < -0.4 is 15.2 Å². The summed E-state index contributed by atoms with van der Waals surface area (Å²) in [4.78, 5) is 0. The third-order valence-electron chi connectivity index (χ3n) is 5.18. The van der Waals surface area contributed by atoms with Crippen molar-refractivity contribution in [2.24, 2.45) is 5.73 Å². The molecule has 4 heteroatoms. The van der Waals surface area contributed by atoms with Gasteiger partial charge in [0.05, 0.1) is 6.10 Å². The molecule has 3 aromatic rings. The van der Waals surface area contributed by atoms with Gasteiger partial charge in [-0.25, -0.2) is 0 Å². The van der Waals surface area contributed by atoms with E-state index in [9.17, 15) is 5.11 Å². The Labute approximate surface area is 165 Å². The number of aliphatic hydroxyl groups is 1. The van der Waals surface area contributed by atoms with Gasteiger partial charge in [-0.3, -0.25) is 0 Å². The highest BCUT2D eigenvalue weighted by atomic mass is 16.5. The van der Waals surface area contributed by atoms with E-state index in [-0.39, 0.29) is 6.04 Å². The Bertz CT molecular complexity index is 912. The number of benzene rings is 3. The van der Waals surface area contributed by atoms with Gasteiger partial charge in [0.2, 0.25) is 0 Å². The highest BCUT2D eigenvalue weighted by Crippen LogP contribution is 2.41. The number of nitrogens with two attached hydrogens (primary N) is 1. The summed E-state index contributed by atoms with van der Waals surface area (Å²) in [5.74, 6) is 1.41. The average molecular weight is 375 g/mol. The summed E-state index contributed by atoms with van der Waals surface area (Å²) in [6, 6.07) is 23.6. The number of hydrogen-bond acceptors (Lipinski definition) is 4. The molecule has 0 fully saturated rings. The molecule has 0 saturated heterocycles. The SMILES string of the molecule is NC1CCc2c(ccc(OCc3ccccc3)c2OCc2ccccc2)C1O. The quantitative estimate of drug-likeness (QED) is 0.679. The second-order valence-electron chi connectivity index (χ2n) is 7.16. The lowest BCUT2D eigenvalue weighted by atomic mass is 9.85. The predicted octanol–water partition coefficient (Wildman–Crippen LogP) is 4.15. The zero-order valence-corrected chi connectivity index (χ0v) is 15.8. The van der Waals surface area contributed by atoms with Crippen LogP contribution in [0, 0.1) is 0 Å². The van der Waals surface area contributed by atoms with Crippen molar-refractivity contribution in [1.82, 2.24) is 0 Å². The first-order valence-corrected chi connectivity index (χ1v) is 9.65. The van der Waals surface area contributed by atoms with E-state index in [1.54, 1.807) is 0 Å². The van der Waals surface area contributed by atoms with Crippen molar-refractivity contribution in [3.63, 3.8) is 0 Å². The fourth-order valence-corrected chi connectivity index (χ4v) is 3.59. The molecule has 0 aliphatic heterocycles. The Balaban J connectivity index is 1.62. The average Bonchev–Trinajstić information content (AvgIpc) is 2.75. The Hall–Kier alpha value is -2.82. The molecule has 0 spiro atoms. The minimum Gasteiger partial charge on any atom is -0.485 e. The van der Waals surface area contributed by atoms with Gasteiger partial charge in [-0.05, 0) is 35.6 Å². The molecule has 4 rings (SSSR count). The fourth-order valence-electron chi connectivity index (χ4n) is 3.59. The lowest BCUT2D eigenvalue weighted by Crippen LogP contribution is -2.33. The van der Waals surface area contributed by atoms with Gasteiger partial charge in [0.15, 0.2) is 11.5 Å². The van der Waals surface area contributed by atoms with Gasteiger partial charge < -0.3 is 20.3 Å². The molecule has 4 nitrogen and oxygen atoms in total. The second kappa shape index (κ2) is 8.46. The van der Waals surface area contributed by atoms with E-state index in [4.69, 9.17) is 15.2 Å². The number of ether oxygens (including phenoxy) is 2. The summed E-state index contributed by atoms with van der Waals surface area (Å²) in [5, 5.41) is 10.5. The molecule has 3 aromatic carbocycles. The summed E-state index contributed by atoms with van der Waals surface area (Å²) < 4.78 is 12.3. The molecular weight excluding hydrogens is 350 g/mol. The maximum atomic E-state index is 10.5. The lowest BCUT2D eigenvalue weighted by Gasteiger charge is -2.29. The molecule has 2 atom stereocenters. The van der Waals surface area contributed by atoms with Crippen molar-refractivity contribution >= 4 is 0 Å². The van der Waals surface area contributed by atoms with Crippen LogP contribution in [0.4, 0.5) is 0 Å². The van der Waals surface area contributed by atoms with E-state index >= 15 is 0 Å². The minimum absolute atomic E-state index is 0.245. The highest BCUT2D eigenvalue weighted by Gasteiger charge is 2.29. The van der Waals surface area contributed by atoms with E-state index in [0.717, 1.165) is 35.1 Å². The van der Waals surface area contributed by atoms with Crippen molar-refractivity contribution in [2.75, 3.05) is 0 Å². The number of fused-ring (bicyclic) bond motifs is 1. The van der Waals surface area contributed by atoms with Crippen LogP contribution in [0.2, 0.25) is 0 Å². The molecule has 0 amide bonds. The normalized spacial score (nSPS) is 18.4. The molecule has 0 aromatic heterocycles. The summed E-state index contributed by atoms with van der Waals surface area (Å²) in [7, 11) is 0. The maximum absolute atomic E-state index is 10.5. The van der Waals surface area contributed by atoms with Crippen molar-refractivity contribution in [3.8, 4) is 11.5 Å². The van der Waals surface area contributed by atoms with Crippen LogP contribution in [0.3, 0.4) is 0 Å². The first kappa shape index (κ1) is 18.5. The summed E-state index contributed by atoms with van der Waals surface area (Å²) >= 11 is 0. The third-order valence-corrected chi connectivity index (χ3v) is 5.18. The van der Waals surface area contributed by atoms with E-state index in [0.29, 0.717) is 24.7 Å². The van der Waals surface area contributed by atoms with E-state index in [2.05, 4.69) is 0 Å². The highest BCUT2D eigenvalue weighted by molar-refractivity contribution is 5.53. The zero-order valence-electron chi connectivity index (χ0n) is 15.8. The number of hydrogen-bond donors (Lipinski definition) is 2. The van der Waals surface area contributed by atoms with Gasteiger partial charge in [-0.2, -0.15) is 0 Å². The van der Waals surface area contributed by atoms with Gasteiger partial charge in [0.1, 0.15) is 13.2 Å². The smallest absolute Gasteiger partial charge is 0.165 e. The van der Waals surface area contributed by atoms with Crippen LogP contribution in [0.15, 0.2) is 72.8 Å². The summed E-state index contributed by atoms with van der Waals surface area (Å²) in [5.41, 5.74) is 10.1. The van der Waals surface area contributed by atoms with Crippen LogP contribution >= 0.6 is 0 Å². The molecule has 1 aliphatic rings. The van der Waals surface area contributed by atoms with Gasteiger partial charge in [-0.15, -0.1) is 0 Å². The van der Waals surface area contributed by atoms with Crippen molar-refractivity contribution in [1.29, 1.82) is 0 Å². The van der Waals surface area contributed by atoms with Gasteiger partial charge in [-0.1, -0.05) is 66.7 Å². The molecule has 1 aliphatic carbocycles. The van der Waals surface area contributed by atoms with E-state index < -0.39 is 6.10 Å². The predicted molar refractivity (Wildman–Crippen MR) is 109 cm³/mol. The van der Waals surface area contributed by atoms with Crippen molar-refractivity contribution < 1.29 is 14.6 Å². The largest absolute Gasteiger partial charge is 0.485 e. The monoisotopic (exact) mass is 375 g/mol. The molecule has 0 saturated carbocycles. The Kier molecular flexibility index (Phi) is 5.60. The van der Waals surface area contributed by atoms with E-state index in [1.165, 1.54) is 0 Å². The minimum atomic E-state index is -0.675. The van der Waals surface area contributed by atoms with Gasteiger partial charge in [0.25, 0.3) is 0 Å². The van der Waals surface area contributed by atoms with Gasteiger partial charge >= 0.3 is 0 Å².